The fraction of sp³-hybridized carbons (Fsp3) is 0.667. The van der Waals surface area contributed by atoms with E-state index in [-0.39, 0.29) is 0 Å². The Morgan fingerprint density at radius 3 is 3.00 bits per heavy atom. The van der Waals surface area contributed by atoms with Gasteiger partial charge in [0.2, 0.25) is 0 Å². The van der Waals surface area contributed by atoms with E-state index in [2.05, 4.69) is 40.1 Å². The second-order valence-electron chi connectivity index (χ2n) is 4.42. The maximum Gasteiger partial charge on any atom is 0.132 e. The fourth-order valence-corrected chi connectivity index (χ4v) is 2.10. The van der Waals surface area contributed by atoms with Crippen LogP contribution in [0.3, 0.4) is 0 Å². The van der Waals surface area contributed by atoms with Crippen LogP contribution in [0.2, 0.25) is 0 Å². The molecule has 1 aromatic heterocycles. The monoisotopic (exact) mass is 220 g/mol. The first-order valence-electron chi connectivity index (χ1n) is 6.02. The minimum Gasteiger partial charge on any atom is -0.354 e. The number of piperazine rings is 1. The van der Waals surface area contributed by atoms with Gasteiger partial charge in [0.25, 0.3) is 0 Å². The number of aromatic nitrogens is 2. The Morgan fingerprint density at radius 2 is 2.31 bits per heavy atom. The third-order valence-electron chi connectivity index (χ3n) is 2.93. The molecule has 4 heteroatoms. The molecule has 0 aromatic carbocycles. The van der Waals surface area contributed by atoms with Crippen LogP contribution < -0.4 is 10.2 Å². The summed E-state index contributed by atoms with van der Waals surface area (Å²) in [6.07, 6.45) is 0.970. The smallest absolute Gasteiger partial charge is 0.132 e. The molecule has 1 unspecified atom stereocenters. The van der Waals surface area contributed by atoms with Gasteiger partial charge in [-0.2, -0.15) is 0 Å². The van der Waals surface area contributed by atoms with Crippen molar-refractivity contribution in [2.75, 3.05) is 24.5 Å². The Morgan fingerprint density at radius 1 is 1.50 bits per heavy atom. The van der Waals surface area contributed by atoms with E-state index in [0.717, 1.165) is 43.4 Å². The van der Waals surface area contributed by atoms with E-state index in [4.69, 9.17) is 0 Å². The lowest BCUT2D eigenvalue weighted by atomic mass is 10.2. The van der Waals surface area contributed by atoms with Crippen LogP contribution in [0.25, 0.3) is 0 Å². The van der Waals surface area contributed by atoms with Crippen molar-refractivity contribution in [2.45, 2.75) is 33.2 Å². The van der Waals surface area contributed by atoms with Crippen molar-refractivity contribution in [3.8, 4) is 0 Å². The second kappa shape index (κ2) is 4.78. The van der Waals surface area contributed by atoms with E-state index in [0.29, 0.717) is 6.04 Å². The van der Waals surface area contributed by atoms with Crippen molar-refractivity contribution in [3.63, 3.8) is 0 Å². The molecule has 0 spiro atoms. The molecule has 1 fully saturated rings. The van der Waals surface area contributed by atoms with E-state index in [1.54, 1.807) is 0 Å². The average molecular weight is 220 g/mol. The molecular weight excluding hydrogens is 200 g/mol. The van der Waals surface area contributed by atoms with Crippen LogP contribution in [0.15, 0.2) is 6.07 Å². The zero-order chi connectivity index (χ0) is 11.5. The molecule has 1 saturated heterocycles. The Hall–Kier alpha value is -1.16. The number of nitrogens with zero attached hydrogens (tertiary/aromatic N) is 3. The highest BCUT2D eigenvalue weighted by Gasteiger charge is 2.17. The van der Waals surface area contributed by atoms with Crippen LogP contribution in [0.1, 0.15) is 25.4 Å². The van der Waals surface area contributed by atoms with E-state index in [1.165, 1.54) is 0 Å². The van der Waals surface area contributed by atoms with Gasteiger partial charge in [-0.1, -0.05) is 6.92 Å². The fourth-order valence-electron chi connectivity index (χ4n) is 2.10. The zero-order valence-corrected chi connectivity index (χ0v) is 10.3. The normalized spacial score (nSPS) is 21.2. The summed E-state index contributed by atoms with van der Waals surface area (Å²) in [6.45, 7) is 9.40. The molecule has 88 valence electrons. The quantitative estimate of drug-likeness (QED) is 0.811. The number of hydrogen-bond acceptors (Lipinski definition) is 4. The third-order valence-corrected chi connectivity index (χ3v) is 2.93. The largest absolute Gasteiger partial charge is 0.354 e. The summed E-state index contributed by atoms with van der Waals surface area (Å²) in [4.78, 5) is 11.3. The highest BCUT2D eigenvalue weighted by Crippen LogP contribution is 2.14. The topological polar surface area (TPSA) is 41.0 Å². The number of hydrogen-bond donors (Lipinski definition) is 1. The molecule has 2 heterocycles. The molecular formula is C12H20N4. The van der Waals surface area contributed by atoms with Crippen molar-refractivity contribution < 1.29 is 0 Å². The summed E-state index contributed by atoms with van der Waals surface area (Å²) in [5, 5.41) is 3.44. The Labute approximate surface area is 97.1 Å². The molecule has 0 amide bonds. The second-order valence-corrected chi connectivity index (χ2v) is 4.42. The maximum absolute atomic E-state index is 4.53. The SMILES string of the molecule is CCc1cc(N2CCNC(C)C2)nc(C)n1. The van der Waals surface area contributed by atoms with Crippen LogP contribution in [0, 0.1) is 6.92 Å². The Bertz CT molecular complexity index is 364. The highest BCUT2D eigenvalue weighted by atomic mass is 15.2. The summed E-state index contributed by atoms with van der Waals surface area (Å²) in [5.41, 5.74) is 1.13. The lowest BCUT2D eigenvalue weighted by Crippen LogP contribution is -2.49. The van der Waals surface area contributed by atoms with Gasteiger partial charge in [-0.25, -0.2) is 9.97 Å². The minimum atomic E-state index is 0.536. The minimum absolute atomic E-state index is 0.536. The molecule has 1 aromatic rings. The first kappa shape index (κ1) is 11.3. The van der Waals surface area contributed by atoms with Crippen molar-refractivity contribution in [3.05, 3.63) is 17.6 Å². The molecule has 0 bridgehead atoms. The predicted molar refractivity (Wildman–Crippen MR) is 65.8 cm³/mol. The third kappa shape index (κ3) is 2.50. The van der Waals surface area contributed by atoms with Crippen molar-refractivity contribution >= 4 is 5.82 Å². The molecule has 0 saturated carbocycles. The molecule has 1 N–H and O–H groups in total. The van der Waals surface area contributed by atoms with Gasteiger partial charge in [-0.15, -0.1) is 0 Å². The Balaban J connectivity index is 2.21. The van der Waals surface area contributed by atoms with Crippen LogP contribution in [-0.4, -0.2) is 35.6 Å². The van der Waals surface area contributed by atoms with Crippen LogP contribution in [0.5, 0.6) is 0 Å². The lowest BCUT2D eigenvalue weighted by molar-refractivity contribution is 0.481. The van der Waals surface area contributed by atoms with Crippen LogP contribution in [-0.2, 0) is 6.42 Å². The van der Waals surface area contributed by atoms with Crippen molar-refractivity contribution in [2.24, 2.45) is 0 Å². The summed E-state index contributed by atoms with van der Waals surface area (Å²) in [6, 6.07) is 2.65. The molecule has 2 rings (SSSR count). The number of nitrogens with one attached hydrogen (secondary N) is 1. The summed E-state index contributed by atoms with van der Waals surface area (Å²) in [5.74, 6) is 1.96. The van der Waals surface area contributed by atoms with E-state index < -0.39 is 0 Å². The summed E-state index contributed by atoms with van der Waals surface area (Å²) < 4.78 is 0. The van der Waals surface area contributed by atoms with Crippen molar-refractivity contribution in [1.29, 1.82) is 0 Å². The first-order valence-corrected chi connectivity index (χ1v) is 6.02. The average Bonchev–Trinajstić information content (AvgIpc) is 2.28. The first-order chi connectivity index (χ1) is 7.69. The van der Waals surface area contributed by atoms with Crippen LogP contribution in [0.4, 0.5) is 5.82 Å². The van der Waals surface area contributed by atoms with E-state index in [1.807, 2.05) is 6.92 Å². The molecule has 1 atom stereocenters. The number of anilines is 1. The summed E-state index contributed by atoms with van der Waals surface area (Å²) in [7, 11) is 0. The van der Waals surface area contributed by atoms with Gasteiger partial charge in [-0.05, 0) is 20.3 Å². The van der Waals surface area contributed by atoms with Gasteiger partial charge in [0.15, 0.2) is 0 Å². The number of rotatable bonds is 2. The summed E-state index contributed by atoms with van der Waals surface area (Å²) >= 11 is 0. The molecule has 4 nitrogen and oxygen atoms in total. The predicted octanol–water partition coefficient (Wildman–Crippen LogP) is 1.15. The molecule has 0 aliphatic carbocycles. The van der Waals surface area contributed by atoms with E-state index >= 15 is 0 Å². The van der Waals surface area contributed by atoms with E-state index in [9.17, 15) is 0 Å². The number of aryl methyl sites for hydroxylation is 2. The lowest BCUT2D eigenvalue weighted by Gasteiger charge is -2.33. The molecule has 0 radical (unpaired) electrons. The van der Waals surface area contributed by atoms with Crippen molar-refractivity contribution in [1.82, 2.24) is 15.3 Å². The van der Waals surface area contributed by atoms with Gasteiger partial charge >= 0.3 is 0 Å². The van der Waals surface area contributed by atoms with Gasteiger partial charge in [0.1, 0.15) is 11.6 Å². The zero-order valence-electron chi connectivity index (χ0n) is 10.3. The molecule has 16 heavy (non-hydrogen) atoms. The molecule has 1 aliphatic heterocycles. The van der Waals surface area contributed by atoms with Crippen LogP contribution >= 0.6 is 0 Å². The highest BCUT2D eigenvalue weighted by molar-refractivity contribution is 5.40. The Kier molecular flexibility index (Phi) is 3.39. The standard InChI is InChI=1S/C12H20N4/c1-4-11-7-12(15-10(3)14-11)16-6-5-13-9(2)8-16/h7,9,13H,4-6,8H2,1-3H3. The maximum atomic E-state index is 4.53. The molecule has 1 aliphatic rings. The van der Waals surface area contributed by atoms with Gasteiger partial charge in [0, 0.05) is 37.4 Å². The van der Waals surface area contributed by atoms with Gasteiger partial charge in [-0.3, -0.25) is 0 Å². The van der Waals surface area contributed by atoms with Gasteiger partial charge < -0.3 is 10.2 Å². The van der Waals surface area contributed by atoms with Gasteiger partial charge in [0.05, 0.1) is 0 Å².